The summed E-state index contributed by atoms with van der Waals surface area (Å²) in [5, 5.41) is 10.3. The normalized spacial score (nSPS) is 22.1. The lowest BCUT2D eigenvalue weighted by Gasteiger charge is -2.28. The van der Waals surface area contributed by atoms with Crippen molar-refractivity contribution >= 4 is 5.69 Å². The van der Waals surface area contributed by atoms with Crippen molar-refractivity contribution in [3.63, 3.8) is 0 Å². The highest BCUT2D eigenvalue weighted by Crippen LogP contribution is 2.31. The Morgan fingerprint density at radius 2 is 2.29 bits per heavy atom. The van der Waals surface area contributed by atoms with E-state index in [-0.39, 0.29) is 6.10 Å². The van der Waals surface area contributed by atoms with Crippen molar-refractivity contribution in [1.29, 1.82) is 0 Å². The summed E-state index contributed by atoms with van der Waals surface area (Å²) >= 11 is 0. The number of benzene rings is 1. The second kappa shape index (κ2) is 5.38. The largest absolute Gasteiger partial charge is 0.497 e. The molecular weight excluding hydrogens is 218 g/mol. The van der Waals surface area contributed by atoms with E-state index >= 15 is 0 Å². The van der Waals surface area contributed by atoms with Crippen LogP contribution >= 0.6 is 0 Å². The molecular formula is C13H19NO3. The number of hydrogen-bond acceptors (Lipinski definition) is 4. The van der Waals surface area contributed by atoms with Crippen LogP contribution in [0.3, 0.4) is 0 Å². The Morgan fingerprint density at radius 1 is 1.47 bits per heavy atom. The molecule has 1 heterocycles. The van der Waals surface area contributed by atoms with Crippen molar-refractivity contribution in [2.45, 2.75) is 31.5 Å². The molecule has 2 rings (SSSR count). The molecule has 1 aliphatic rings. The van der Waals surface area contributed by atoms with E-state index < -0.39 is 6.10 Å². The van der Waals surface area contributed by atoms with Gasteiger partial charge >= 0.3 is 0 Å². The minimum Gasteiger partial charge on any atom is -0.497 e. The Morgan fingerprint density at radius 3 is 2.94 bits per heavy atom. The highest BCUT2D eigenvalue weighted by atomic mass is 16.5. The Balaban J connectivity index is 2.19. The van der Waals surface area contributed by atoms with Crippen LogP contribution in [0.25, 0.3) is 0 Å². The highest BCUT2D eigenvalue weighted by molar-refractivity contribution is 5.51. The molecule has 0 aliphatic carbocycles. The maximum absolute atomic E-state index is 10.3. The van der Waals surface area contributed by atoms with Gasteiger partial charge in [0.05, 0.1) is 13.2 Å². The molecule has 94 valence electrons. The third-order valence-corrected chi connectivity index (χ3v) is 3.18. The standard InChI is InChI=1S/C13H19NO3/c1-16-9-5-6-11(14)10(8-9)13(15)12-4-2-3-7-17-12/h5-6,8,12-13,15H,2-4,7,14H2,1H3. The van der Waals surface area contributed by atoms with Crippen molar-refractivity contribution in [3.8, 4) is 5.75 Å². The van der Waals surface area contributed by atoms with E-state index in [0.717, 1.165) is 19.3 Å². The van der Waals surface area contributed by atoms with Crippen LogP contribution in [0.1, 0.15) is 30.9 Å². The van der Waals surface area contributed by atoms with Crippen LogP contribution in [0.15, 0.2) is 18.2 Å². The van der Waals surface area contributed by atoms with E-state index in [1.165, 1.54) is 0 Å². The molecule has 1 aromatic carbocycles. The van der Waals surface area contributed by atoms with Crippen molar-refractivity contribution in [2.24, 2.45) is 0 Å². The summed E-state index contributed by atoms with van der Waals surface area (Å²) in [7, 11) is 1.60. The average molecular weight is 237 g/mol. The molecule has 1 saturated heterocycles. The van der Waals surface area contributed by atoms with Crippen LogP contribution < -0.4 is 10.5 Å². The lowest BCUT2D eigenvalue weighted by atomic mass is 9.97. The number of anilines is 1. The zero-order valence-electron chi connectivity index (χ0n) is 10.1. The fourth-order valence-corrected chi connectivity index (χ4v) is 2.15. The minimum absolute atomic E-state index is 0.154. The maximum atomic E-state index is 10.3. The molecule has 17 heavy (non-hydrogen) atoms. The van der Waals surface area contributed by atoms with Crippen LogP contribution in [0.4, 0.5) is 5.69 Å². The van der Waals surface area contributed by atoms with E-state index in [1.54, 1.807) is 25.3 Å². The first-order chi connectivity index (χ1) is 8.22. The molecule has 0 bridgehead atoms. The van der Waals surface area contributed by atoms with Gasteiger partial charge in [-0.05, 0) is 37.5 Å². The molecule has 0 aromatic heterocycles. The molecule has 0 radical (unpaired) electrons. The van der Waals surface area contributed by atoms with Crippen molar-refractivity contribution in [1.82, 2.24) is 0 Å². The monoisotopic (exact) mass is 237 g/mol. The summed E-state index contributed by atoms with van der Waals surface area (Å²) in [6.07, 6.45) is 2.20. The van der Waals surface area contributed by atoms with E-state index in [4.69, 9.17) is 15.2 Å². The number of hydrogen-bond donors (Lipinski definition) is 2. The van der Waals surface area contributed by atoms with E-state index in [0.29, 0.717) is 23.6 Å². The summed E-state index contributed by atoms with van der Waals surface area (Å²) in [4.78, 5) is 0. The summed E-state index contributed by atoms with van der Waals surface area (Å²) in [6, 6.07) is 5.31. The van der Waals surface area contributed by atoms with Gasteiger partial charge in [0.15, 0.2) is 0 Å². The number of rotatable bonds is 3. The summed E-state index contributed by atoms with van der Waals surface area (Å²) in [5.74, 6) is 0.698. The first kappa shape index (κ1) is 12.2. The molecule has 0 saturated carbocycles. The SMILES string of the molecule is COc1ccc(N)c(C(O)C2CCCCO2)c1. The Labute approximate surface area is 101 Å². The van der Waals surface area contributed by atoms with Gasteiger partial charge in [-0.3, -0.25) is 0 Å². The fourth-order valence-electron chi connectivity index (χ4n) is 2.15. The van der Waals surface area contributed by atoms with Gasteiger partial charge in [0.25, 0.3) is 0 Å². The van der Waals surface area contributed by atoms with Gasteiger partial charge in [-0.2, -0.15) is 0 Å². The third-order valence-electron chi connectivity index (χ3n) is 3.18. The smallest absolute Gasteiger partial charge is 0.119 e. The van der Waals surface area contributed by atoms with Gasteiger partial charge < -0.3 is 20.3 Å². The Kier molecular flexibility index (Phi) is 3.86. The molecule has 0 amide bonds. The van der Waals surface area contributed by atoms with Crippen molar-refractivity contribution < 1.29 is 14.6 Å². The first-order valence-corrected chi connectivity index (χ1v) is 5.95. The predicted octanol–water partition coefficient (Wildman–Crippen LogP) is 1.88. The van der Waals surface area contributed by atoms with Crippen molar-refractivity contribution in [2.75, 3.05) is 19.5 Å². The van der Waals surface area contributed by atoms with E-state index in [1.807, 2.05) is 0 Å². The van der Waals surface area contributed by atoms with Gasteiger partial charge in [0, 0.05) is 17.9 Å². The highest BCUT2D eigenvalue weighted by Gasteiger charge is 2.25. The third kappa shape index (κ3) is 2.70. The lowest BCUT2D eigenvalue weighted by Crippen LogP contribution is -2.26. The summed E-state index contributed by atoms with van der Waals surface area (Å²) in [6.45, 7) is 0.714. The van der Waals surface area contributed by atoms with E-state index in [9.17, 15) is 5.11 Å². The van der Waals surface area contributed by atoms with Gasteiger partial charge in [-0.15, -0.1) is 0 Å². The molecule has 4 nitrogen and oxygen atoms in total. The first-order valence-electron chi connectivity index (χ1n) is 5.95. The van der Waals surface area contributed by atoms with Gasteiger partial charge in [0.1, 0.15) is 11.9 Å². The molecule has 4 heteroatoms. The number of nitrogen functional groups attached to an aromatic ring is 1. The zero-order valence-corrected chi connectivity index (χ0v) is 10.1. The Hall–Kier alpha value is -1.26. The van der Waals surface area contributed by atoms with Gasteiger partial charge in [-0.25, -0.2) is 0 Å². The van der Waals surface area contributed by atoms with Crippen LogP contribution in [0.2, 0.25) is 0 Å². The van der Waals surface area contributed by atoms with Crippen LogP contribution in [0, 0.1) is 0 Å². The minimum atomic E-state index is -0.676. The maximum Gasteiger partial charge on any atom is 0.119 e. The number of aliphatic hydroxyl groups is 1. The molecule has 2 unspecified atom stereocenters. The zero-order chi connectivity index (χ0) is 12.3. The molecule has 1 aliphatic heterocycles. The second-order valence-electron chi connectivity index (χ2n) is 4.34. The number of ether oxygens (including phenoxy) is 2. The topological polar surface area (TPSA) is 64.7 Å². The summed E-state index contributed by atoms with van der Waals surface area (Å²) < 4.78 is 10.7. The predicted molar refractivity (Wildman–Crippen MR) is 66.0 cm³/mol. The molecule has 2 atom stereocenters. The quantitative estimate of drug-likeness (QED) is 0.788. The Bertz CT molecular complexity index is 375. The van der Waals surface area contributed by atoms with Crippen LogP contribution in [-0.2, 0) is 4.74 Å². The number of aliphatic hydroxyl groups excluding tert-OH is 1. The number of nitrogens with two attached hydrogens (primary N) is 1. The lowest BCUT2D eigenvalue weighted by molar-refractivity contribution is -0.0631. The average Bonchev–Trinajstić information content (AvgIpc) is 2.39. The molecule has 1 aromatic rings. The van der Waals surface area contributed by atoms with E-state index in [2.05, 4.69) is 0 Å². The molecule has 0 spiro atoms. The van der Waals surface area contributed by atoms with Gasteiger partial charge in [-0.1, -0.05) is 0 Å². The van der Waals surface area contributed by atoms with Gasteiger partial charge in [0.2, 0.25) is 0 Å². The molecule has 3 N–H and O–H groups in total. The summed E-state index contributed by atoms with van der Waals surface area (Å²) in [5.41, 5.74) is 7.15. The van der Waals surface area contributed by atoms with Crippen LogP contribution in [-0.4, -0.2) is 24.9 Å². The number of methoxy groups -OCH3 is 1. The fraction of sp³-hybridized carbons (Fsp3) is 0.538. The molecule has 1 fully saturated rings. The van der Waals surface area contributed by atoms with Crippen molar-refractivity contribution in [3.05, 3.63) is 23.8 Å². The second-order valence-corrected chi connectivity index (χ2v) is 4.34. The van der Waals surface area contributed by atoms with Crippen LogP contribution in [0.5, 0.6) is 5.75 Å².